The molecule has 0 radical (unpaired) electrons. The summed E-state index contributed by atoms with van der Waals surface area (Å²) in [5.41, 5.74) is 6.13. The Balaban J connectivity index is 1.81. The number of hydrogen-bond acceptors (Lipinski definition) is 3. The molecule has 2 bridgehead atoms. The summed E-state index contributed by atoms with van der Waals surface area (Å²) < 4.78 is 27.7. The summed E-state index contributed by atoms with van der Waals surface area (Å²) >= 11 is 4.89. The Morgan fingerprint density at radius 2 is 2.10 bits per heavy atom. The van der Waals surface area contributed by atoms with Crippen LogP contribution in [0.15, 0.2) is 29.2 Å². The van der Waals surface area contributed by atoms with Gasteiger partial charge in [-0.1, -0.05) is 30.8 Å². The van der Waals surface area contributed by atoms with E-state index in [9.17, 15) is 8.42 Å². The topological polar surface area (TPSA) is 72.2 Å². The zero-order chi connectivity index (χ0) is 14.3. The van der Waals surface area contributed by atoms with Crippen molar-refractivity contribution < 1.29 is 8.42 Å². The van der Waals surface area contributed by atoms with Crippen LogP contribution < -0.4 is 10.5 Å². The average molecular weight is 310 g/mol. The first kappa shape index (κ1) is 14.0. The van der Waals surface area contributed by atoms with Crippen molar-refractivity contribution in [2.75, 3.05) is 0 Å². The van der Waals surface area contributed by atoms with E-state index in [-0.39, 0.29) is 15.9 Å². The fourth-order valence-corrected chi connectivity index (χ4v) is 4.96. The molecule has 2 fully saturated rings. The minimum Gasteiger partial charge on any atom is -0.389 e. The van der Waals surface area contributed by atoms with Gasteiger partial charge in [0.05, 0.1) is 4.90 Å². The Labute approximate surface area is 124 Å². The van der Waals surface area contributed by atoms with Crippen molar-refractivity contribution in [3.63, 3.8) is 0 Å². The highest BCUT2D eigenvalue weighted by atomic mass is 32.2. The molecule has 3 N–H and O–H groups in total. The van der Waals surface area contributed by atoms with E-state index in [1.54, 1.807) is 18.2 Å². The van der Waals surface area contributed by atoms with E-state index in [0.717, 1.165) is 12.8 Å². The molecule has 2 aliphatic carbocycles. The number of thiocarbonyl (C=S) groups is 1. The van der Waals surface area contributed by atoms with Gasteiger partial charge < -0.3 is 5.73 Å². The molecule has 2 aliphatic rings. The third kappa shape index (κ3) is 2.60. The van der Waals surface area contributed by atoms with Gasteiger partial charge >= 0.3 is 0 Å². The smallest absolute Gasteiger partial charge is 0.240 e. The molecule has 0 aliphatic heterocycles. The molecule has 3 unspecified atom stereocenters. The molecule has 6 heteroatoms. The van der Waals surface area contributed by atoms with Crippen molar-refractivity contribution in [3.8, 4) is 0 Å². The summed E-state index contributed by atoms with van der Waals surface area (Å²) in [6.45, 7) is 0. The van der Waals surface area contributed by atoms with Crippen LogP contribution in [0.3, 0.4) is 0 Å². The summed E-state index contributed by atoms with van der Waals surface area (Å²) in [6, 6.07) is 6.60. The van der Waals surface area contributed by atoms with Crippen LogP contribution in [0.1, 0.15) is 31.2 Å². The number of nitrogens with one attached hydrogen (secondary N) is 1. The Bertz CT molecular complexity index is 642. The number of nitrogens with two attached hydrogens (primary N) is 1. The second-order valence-corrected chi connectivity index (χ2v) is 7.95. The van der Waals surface area contributed by atoms with Crippen LogP contribution in [-0.4, -0.2) is 19.4 Å². The van der Waals surface area contributed by atoms with Crippen molar-refractivity contribution in [1.82, 2.24) is 4.72 Å². The van der Waals surface area contributed by atoms with Crippen LogP contribution in [0.25, 0.3) is 0 Å². The van der Waals surface area contributed by atoms with E-state index in [1.807, 2.05) is 0 Å². The zero-order valence-electron chi connectivity index (χ0n) is 11.1. The molecule has 0 amide bonds. The molecule has 1 aromatic rings. The predicted molar refractivity (Wildman–Crippen MR) is 81.9 cm³/mol. The molecule has 4 nitrogen and oxygen atoms in total. The summed E-state index contributed by atoms with van der Waals surface area (Å²) in [5, 5.41) is 0. The first-order chi connectivity index (χ1) is 9.45. The molecule has 0 spiro atoms. The highest BCUT2D eigenvalue weighted by Gasteiger charge is 2.41. The lowest BCUT2D eigenvalue weighted by atomic mass is 9.96. The second-order valence-electron chi connectivity index (χ2n) is 5.79. The van der Waals surface area contributed by atoms with Gasteiger partial charge in [0.25, 0.3) is 0 Å². The number of sulfonamides is 1. The lowest BCUT2D eigenvalue weighted by molar-refractivity contribution is 0.390. The van der Waals surface area contributed by atoms with Gasteiger partial charge in [-0.2, -0.15) is 0 Å². The molecule has 2 saturated carbocycles. The van der Waals surface area contributed by atoms with E-state index >= 15 is 0 Å². The largest absolute Gasteiger partial charge is 0.389 e. The minimum absolute atomic E-state index is 0.0900. The minimum atomic E-state index is -3.49. The summed E-state index contributed by atoms with van der Waals surface area (Å²) in [6.07, 6.45) is 4.53. The molecular weight excluding hydrogens is 292 g/mol. The Hall–Kier alpha value is -0.980. The van der Waals surface area contributed by atoms with Crippen LogP contribution in [0.4, 0.5) is 0 Å². The van der Waals surface area contributed by atoms with Gasteiger partial charge in [0.1, 0.15) is 4.99 Å². The van der Waals surface area contributed by atoms with E-state index in [2.05, 4.69) is 4.72 Å². The lowest BCUT2D eigenvalue weighted by Crippen LogP contribution is -2.38. The van der Waals surface area contributed by atoms with Crippen molar-refractivity contribution in [2.45, 2.75) is 36.6 Å². The van der Waals surface area contributed by atoms with Crippen molar-refractivity contribution >= 4 is 27.2 Å². The van der Waals surface area contributed by atoms with Gasteiger partial charge in [0, 0.05) is 11.6 Å². The van der Waals surface area contributed by atoms with Gasteiger partial charge in [0.2, 0.25) is 10.0 Å². The SMILES string of the molecule is NC(=S)c1cccc(S(=O)(=O)NC2CC3CCC2C3)c1. The number of hydrogen-bond donors (Lipinski definition) is 2. The van der Waals surface area contributed by atoms with Crippen LogP contribution in [0, 0.1) is 11.8 Å². The Morgan fingerprint density at radius 1 is 1.30 bits per heavy atom. The maximum atomic E-state index is 12.4. The molecule has 0 saturated heterocycles. The Kier molecular flexibility index (Phi) is 3.56. The van der Waals surface area contributed by atoms with Crippen molar-refractivity contribution in [3.05, 3.63) is 29.8 Å². The monoisotopic (exact) mass is 310 g/mol. The lowest BCUT2D eigenvalue weighted by Gasteiger charge is -2.22. The zero-order valence-corrected chi connectivity index (χ0v) is 12.7. The molecule has 0 aromatic heterocycles. The second kappa shape index (κ2) is 5.09. The van der Waals surface area contributed by atoms with Crippen molar-refractivity contribution in [2.24, 2.45) is 17.6 Å². The maximum absolute atomic E-state index is 12.4. The molecule has 0 heterocycles. The van der Waals surface area contributed by atoms with E-state index < -0.39 is 10.0 Å². The average Bonchev–Trinajstić information content (AvgIpc) is 3.00. The summed E-state index contributed by atoms with van der Waals surface area (Å²) in [5.74, 6) is 1.21. The summed E-state index contributed by atoms with van der Waals surface area (Å²) in [4.78, 5) is 0.451. The fourth-order valence-electron chi connectivity index (χ4n) is 3.47. The predicted octanol–water partition coefficient (Wildman–Crippen LogP) is 1.79. The first-order valence-corrected chi connectivity index (χ1v) is 8.77. The third-order valence-corrected chi connectivity index (χ3v) is 6.20. The maximum Gasteiger partial charge on any atom is 0.240 e. The van der Waals surface area contributed by atoms with Gasteiger partial charge in [-0.3, -0.25) is 0 Å². The van der Waals surface area contributed by atoms with Crippen LogP contribution in [0.2, 0.25) is 0 Å². The Morgan fingerprint density at radius 3 is 2.70 bits per heavy atom. The summed E-state index contributed by atoms with van der Waals surface area (Å²) in [7, 11) is -3.49. The van der Waals surface area contributed by atoms with E-state index in [4.69, 9.17) is 18.0 Å². The number of rotatable bonds is 4. The van der Waals surface area contributed by atoms with Gasteiger partial charge in [-0.15, -0.1) is 0 Å². The molecule has 1 aromatic carbocycles. The van der Waals surface area contributed by atoms with E-state index in [0.29, 0.717) is 17.4 Å². The molecule has 108 valence electrons. The van der Waals surface area contributed by atoms with Gasteiger partial charge in [-0.25, -0.2) is 13.1 Å². The molecule has 3 atom stereocenters. The van der Waals surface area contributed by atoms with Crippen LogP contribution in [-0.2, 0) is 10.0 Å². The van der Waals surface area contributed by atoms with E-state index in [1.165, 1.54) is 18.9 Å². The normalized spacial score (nSPS) is 28.7. The van der Waals surface area contributed by atoms with Gasteiger partial charge in [0.15, 0.2) is 0 Å². The number of fused-ring (bicyclic) bond motifs is 2. The molecule has 20 heavy (non-hydrogen) atoms. The highest BCUT2D eigenvalue weighted by molar-refractivity contribution is 7.89. The molecule has 3 rings (SSSR count). The van der Waals surface area contributed by atoms with Crippen LogP contribution >= 0.6 is 12.2 Å². The molecular formula is C14H18N2O2S2. The van der Waals surface area contributed by atoms with Gasteiger partial charge in [-0.05, 0) is 43.2 Å². The standard InChI is InChI=1S/C14H18N2O2S2/c15-14(19)11-2-1-3-12(8-11)20(17,18)16-13-7-9-4-5-10(13)6-9/h1-3,8-10,13,16H,4-7H2,(H2,15,19). The first-order valence-electron chi connectivity index (χ1n) is 6.88. The van der Waals surface area contributed by atoms with Crippen LogP contribution in [0.5, 0.6) is 0 Å². The van der Waals surface area contributed by atoms with Crippen molar-refractivity contribution in [1.29, 1.82) is 0 Å². The highest BCUT2D eigenvalue weighted by Crippen LogP contribution is 2.44. The quantitative estimate of drug-likeness (QED) is 0.832. The number of benzene rings is 1. The fraction of sp³-hybridized carbons (Fsp3) is 0.500. The third-order valence-electron chi connectivity index (χ3n) is 4.47.